The van der Waals surface area contributed by atoms with Gasteiger partial charge in [0.1, 0.15) is 0 Å². The summed E-state index contributed by atoms with van der Waals surface area (Å²) in [4.78, 5) is 16.1. The van der Waals surface area contributed by atoms with Gasteiger partial charge in [0.15, 0.2) is 0 Å². The van der Waals surface area contributed by atoms with Crippen molar-refractivity contribution in [2.24, 2.45) is 0 Å². The van der Waals surface area contributed by atoms with Gasteiger partial charge in [-0.25, -0.2) is 4.98 Å². The van der Waals surface area contributed by atoms with Crippen LogP contribution >= 0.6 is 11.6 Å². The normalized spacial score (nSPS) is 12.3. The van der Waals surface area contributed by atoms with Gasteiger partial charge in [-0.1, -0.05) is 29.8 Å². The zero-order valence-electron chi connectivity index (χ0n) is 11.6. The van der Waals surface area contributed by atoms with E-state index in [9.17, 15) is 9.90 Å². The van der Waals surface area contributed by atoms with Gasteiger partial charge in [0, 0.05) is 28.9 Å². The van der Waals surface area contributed by atoms with Crippen molar-refractivity contribution in [3.05, 3.63) is 71.3 Å². The van der Waals surface area contributed by atoms with E-state index in [1.54, 1.807) is 55.1 Å². The van der Waals surface area contributed by atoms with Crippen LogP contribution in [0.4, 0.5) is 0 Å². The van der Waals surface area contributed by atoms with Gasteiger partial charge in [-0.2, -0.15) is 0 Å². The molecule has 0 saturated carbocycles. The average molecular weight is 316 g/mol. The van der Waals surface area contributed by atoms with E-state index in [1.807, 2.05) is 4.40 Å². The van der Waals surface area contributed by atoms with Crippen molar-refractivity contribution in [2.75, 3.05) is 6.54 Å². The molecular weight excluding hydrogens is 302 g/mol. The lowest BCUT2D eigenvalue weighted by molar-refractivity contribution is 0.0916. The lowest BCUT2D eigenvalue weighted by atomic mass is 10.1. The Morgan fingerprint density at radius 3 is 3.00 bits per heavy atom. The standard InChI is InChI=1S/C16H14ClN3O2/c17-14-4-2-1-3-13(14)15(21)9-19-16(22)11-5-6-20-10-18-8-12(20)7-11/h1-8,10,15,21H,9H2,(H,19,22). The van der Waals surface area contributed by atoms with Crippen LogP contribution in [0.1, 0.15) is 22.0 Å². The number of aliphatic hydroxyl groups is 1. The van der Waals surface area contributed by atoms with Crippen LogP contribution in [0.2, 0.25) is 5.02 Å². The minimum atomic E-state index is -0.851. The summed E-state index contributed by atoms with van der Waals surface area (Å²) in [5, 5.41) is 13.3. The summed E-state index contributed by atoms with van der Waals surface area (Å²) in [5.41, 5.74) is 1.94. The molecule has 0 radical (unpaired) electrons. The highest BCUT2D eigenvalue weighted by atomic mass is 35.5. The van der Waals surface area contributed by atoms with Gasteiger partial charge in [-0.3, -0.25) is 4.79 Å². The van der Waals surface area contributed by atoms with Crippen molar-refractivity contribution in [2.45, 2.75) is 6.10 Å². The zero-order valence-corrected chi connectivity index (χ0v) is 12.4. The Bertz CT molecular complexity index is 816. The maximum atomic E-state index is 12.1. The van der Waals surface area contributed by atoms with E-state index in [0.29, 0.717) is 16.1 Å². The Labute approximate surface area is 132 Å². The van der Waals surface area contributed by atoms with Gasteiger partial charge in [-0.05, 0) is 18.2 Å². The Hall–Kier alpha value is -2.37. The molecule has 5 nitrogen and oxygen atoms in total. The summed E-state index contributed by atoms with van der Waals surface area (Å²) >= 11 is 6.02. The minimum Gasteiger partial charge on any atom is -0.387 e. The van der Waals surface area contributed by atoms with E-state index in [4.69, 9.17) is 11.6 Å². The number of nitrogens with one attached hydrogen (secondary N) is 1. The van der Waals surface area contributed by atoms with Crippen molar-refractivity contribution in [1.29, 1.82) is 0 Å². The molecule has 2 aromatic heterocycles. The van der Waals surface area contributed by atoms with Crippen LogP contribution in [0.15, 0.2) is 55.1 Å². The van der Waals surface area contributed by atoms with Gasteiger partial charge >= 0.3 is 0 Å². The predicted molar refractivity (Wildman–Crippen MR) is 83.9 cm³/mol. The van der Waals surface area contributed by atoms with Gasteiger partial charge in [0.25, 0.3) is 5.91 Å². The van der Waals surface area contributed by atoms with Crippen molar-refractivity contribution < 1.29 is 9.90 Å². The molecule has 0 aliphatic heterocycles. The van der Waals surface area contributed by atoms with Crippen molar-refractivity contribution in [3.8, 4) is 0 Å². The maximum absolute atomic E-state index is 12.1. The predicted octanol–water partition coefficient (Wildman–Crippen LogP) is 2.45. The maximum Gasteiger partial charge on any atom is 0.251 e. The highest BCUT2D eigenvalue weighted by molar-refractivity contribution is 6.31. The molecule has 22 heavy (non-hydrogen) atoms. The number of hydrogen-bond acceptors (Lipinski definition) is 3. The number of benzene rings is 1. The third-order valence-electron chi connectivity index (χ3n) is 3.40. The second-order valence-corrected chi connectivity index (χ2v) is 5.30. The summed E-state index contributed by atoms with van der Waals surface area (Å²) < 4.78 is 1.81. The minimum absolute atomic E-state index is 0.0903. The lowest BCUT2D eigenvalue weighted by Crippen LogP contribution is -2.28. The molecule has 6 heteroatoms. The fourth-order valence-electron chi connectivity index (χ4n) is 2.21. The molecule has 0 fully saturated rings. The topological polar surface area (TPSA) is 66.6 Å². The third kappa shape index (κ3) is 2.95. The number of amides is 1. The SMILES string of the molecule is O=C(NCC(O)c1ccccc1Cl)c1ccn2cncc2c1. The van der Waals surface area contributed by atoms with E-state index >= 15 is 0 Å². The van der Waals surface area contributed by atoms with Crippen molar-refractivity contribution >= 4 is 23.0 Å². The van der Waals surface area contributed by atoms with Gasteiger partial charge in [0.2, 0.25) is 0 Å². The molecule has 1 amide bonds. The number of nitrogens with zero attached hydrogens (tertiary/aromatic N) is 2. The molecule has 0 spiro atoms. The van der Waals surface area contributed by atoms with Crippen molar-refractivity contribution in [3.63, 3.8) is 0 Å². The molecule has 0 aliphatic rings. The number of imidazole rings is 1. The largest absolute Gasteiger partial charge is 0.387 e. The van der Waals surface area contributed by atoms with Crippen LogP contribution < -0.4 is 5.32 Å². The Morgan fingerprint density at radius 1 is 1.36 bits per heavy atom. The molecule has 3 aromatic rings. The number of aliphatic hydroxyl groups excluding tert-OH is 1. The molecule has 112 valence electrons. The van der Waals surface area contributed by atoms with E-state index in [0.717, 1.165) is 5.52 Å². The number of halogens is 1. The van der Waals surface area contributed by atoms with Gasteiger partial charge in [-0.15, -0.1) is 0 Å². The molecule has 0 saturated heterocycles. The van der Waals surface area contributed by atoms with Crippen LogP contribution in [0.25, 0.3) is 5.52 Å². The molecule has 1 atom stereocenters. The number of fused-ring (bicyclic) bond motifs is 1. The molecule has 0 aliphatic carbocycles. The highest BCUT2D eigenvalue weighted by Crippen LogP contribution is 2.21. The summed E-state index contributed by atoms with van der Waals surface area (Å²) in [7, 11) is 0. The Kier molecular flexibility index (Phi) is 4.09. The van der Waals surface area contributed by atoms with Crippen LogP contribution in [0.3, 0.4) is 0 Å². The number of rotatable bonds is 4. The quantitative estimate of drug-likeness (QED) is 0.777. The fourth-order valence-corrected chi connectivity index (χ4v) is 2.47. The van der Waals surface area contributed by atoms with E-state index in [1.165, 1.54) is 0 Å². The highest BCUT2D eigenvalue weighted by Gasteiger charge is 2.13. The first-order valence-electron chi connectivity index (χ1n) is 6.77. The van der Waals surface area contributed by atoms with Gasteiger partial charge < -0.3 is 14.8 Å². The molecule has 1 unspecified atom stereocenters. The van der Waals surface area contributed by atoms with E-state index in [2.05, 4.69) is 10.3 Å². The first kappa shape index (κ1) is 14.6. The van der Waals surface area contributed by atoms with Gasteiger partial charge in [0.05, 0.1) is 24.1 Å². The second-order valence-electron chi connectivity index (χ2n) is 4.89. The molecule has 2 heterocycles. The molecule has 0 bridgehead atoms. The number of carbonyl (C=O) groups is 1. The van der Waals surface area contributed by atoms with Crippen LogP contribution in [0, 0.1) is 0 Å². The summed E-state index contributed by atoms with van der Waals surface area (Å²) in [5.74, 6) is -0.255. The monoisotopic (exact) mass is 315 g/mol. The van der Waals surface area contributed by atoms with E-state index in [-0.39, 0.29) is 12.5 Å². The summed E-state index contributed by atoms with van der Waals surface area (Å²) in [6.45, 7) is 0.0903. The Balaban J connectivity index is 1.68. The average Bonchev–Trinajstić information content (AvgIpc) is 3.00. The molecule has 1 aromatic carbocycles. The van der Waals surface area contributed by atoms with Crippen molar-refractivity contribution in [1.82, 2.24) is 14.7 Å². The summed E-state index contributed by atoms with van der Waals surface area (Å²) in [6, 6.07) is 10.5. The third-order valence-corrected chi connectivity index (χ3v) is 3.74. The second kappa shape index (κ2) is 6.17. The molecular formula is C16H14ClN3O2. The number of aromatic nitrogens is 2. The lowest BCUT2D eigenvalue weighted by Gasteiger charge is -2.13. The van der Waals surface area contributed by atoms with E-state index < -0.39 is 6.10 Å². The number of carbonyl (C=O) groups excluding carboxylic acids is 1. The fraction of sp³-hybridized carbons (Fsp3) is 0.125. The first-order valence-corrected chi connectivity index (χ1v) is 7.15. The van der Waals surface area contributed by atoms with Crippen LogP contribution in [-0.2, 0) is 0 Å². The zero-order chi connectivity index (χ0) is 15.5. The van der Waals surface area contributed by atoms with Crippen LogP contribution in [-0.4, -0.2) is 26.9 Å². The number of pyridine rings is 1. The van der Waals surface area contributed by atoms with Crippen LogP contribution in [0.5, 0.6) is 0 Å². The summed E-state index contributed by atoms with van der Waals surface area (Å²) in [6.07, 6.45) is 4.26. The molecule has 3 rings (SSSR count). The first-order chi connectivity index (χ1) is 10.6. The Morgan fingerprint density at radius 2 is 2.18 bits per heavy atom. The molecule has 2 N–H and O–H groups in total. The smallest absolute Gasteiger partial charge is 0.251 e. The number of hydrogen-bond donors (Lipinski definition) is 2.